The highest BCUT2D eigenvalue weighted by molar-refractivity contribution is 6.03. The van der Waals surface area contributed by atoms with E-state index in [2.05, 4.69) is 39.4 Å². The van der Waals surface area contributed by atoms with Crippen LogP contribution in [0.25, 0.3) is 22.3 Å². The summed E-state index contributed by atoms with van der Waals surface area (Å²) < 4.78 is 1.53. The van der Waals surface area contributed by atoms with Gasteiger partial charge in [-0.1, -0.05) is 24.3 Å². The average Bonchev–Trinajstić information content (AvgIpc) is 3.20. The Morgan fingerprint density at radius 3 is 2.80 bits per heavy atom. The Labute approximate surface area is 144 Å². The van der Waals surface area contributed by atoms with Crippen molar-refractivity contribution >= 4 is 22.6 Å². The molecule has 4 rings (SSSR count). The van der Waals surface area contributed by atoms with E-state index in [0.717, 1.165) is 22.3 Å². The number of hydrogen-bond acceptors (Lipinski definition) is 3. The molecule has 6 nitrogen and oxygen atoms in total. The first-order valence-corrected chi connectivity index (χ1v) is 7.96. The van der Waals surface area contributed by atoms with E-state index in [9.17, 15) is 4.79 Å². The van der Waals surface area contributed by atoms with E-state index in [1.54, 1.807) is 25.5 Å². The zero-order valence-corrected chi connectivity index (χ0v) is 13.9. The Hall–Kier alpha value is -3.41. The fourth-order valence-corrected chi connectivity index (χ4v) is 2.89. The number of hydrogen-bond donors (Lipinski definition) is 2. The second-order valence-corrected chi connectivity index (χ2v) is 5.95. The monoisotopic (exact) mass is 331 g/mol. The van der Waals surface area contributed by atoms with E-state index in [1.165, 1.54) is 10.2 Å². The molecule has 0 bridgehead atoms. The molecule has 0 unspecified atom stereocenters. The van der Waals surface area contributed by atoms with Crippen LogP contribution in [-0.4, -0.2) is 25.7 Å². The Balaban J connectivity index is 1.66. The molecule has 25 heavy (non-hydrogen) atoms. The summed E-state index contributed by atoms with van der Waals surface area (Å²) in [4.78, 5) is 20.1. The van der Waals surface area contributed by atoms with Crippen molar-refractivity contribution in [2.45, 2.75) is 6.92 Å². The number of fused-ring (bicyclic) bond motifs is 1. The third-order valence-electron chi connectivity index (χ3n) is 4.22. The Morgan fingerprint density at radius 2 is 2.04 bits per heavy atom. The van der Waals surface area contributed by atoms with Gasteiger partial charge in [0.1, 0.15) is 5.69 Å². The molecule has 3 heterocycles. The molecule has 0 atom stereocenters. The van der Waals surface area contributed by atoms with Crippen LogP contribution in [0, 0.1) is 6.92 Å². The molecule has 4 aromatic rings. The molecule has 3 aromatic heterocycles. The average molecular weight is 331 g/mol. The Kier molecular flexibility index (Phi) is 3.57. The van der Waals surface area contributed by atoms with Gasteiger partial charge in [-0.3, -0.25) is 14.5 Å². The molecule has 0 fully saturated rings. The number of pyridine rings is 1. The Morgan fingerprint density at radius 1 is 1.20 bits per heavy atom. The molecule has 6 heteroatoms. The van der Waals surface area contributed by atoms with Crippen molar-refractivity contribution in [3.8, 4) is 11.3 Å². The zero-order chi connectivity index (χ0) is 17.4. The van der Waals surface area contributed by atoms with E-state index in [1.807, 2.05) is 24.3 Å². The van der Waals surface area contributed by atoms with Gasteiger partial charge in [0.2, 0.25) is 0 Å². The number of aromatic amines is 1. The Bertz CT molecular complexity index is 1080. The quantitative estimate of drug-likeness (QED) is 0.603. The molecule has 0 aliphatic rings. The maximum Gasteiger partial charge on any atom is 0.273 e. The summed E-state index contributed by atoms with van der Waals surface area (Å²) in [5, 5.41) is 6.86. The van der Waals surface area contributed by atoms with Crippen molar-refractivity contribution in [2.75, 3.05) is 5.32 Å². The summed E-state index contributed by atoms with van der Waals surface area (Å²) in [5.74, 6) is -0.216. The number of anilines is 1. The lowest BCUT2D eigenvalue weighted by molar-refractivity contribution is 0.101. The van der Waals surface area contributed by atoms with Crippen molar-refractivity contribution in [1.82, 2.24) is 19.7 Å². The predicted octanol–water partition coefficient (Wildman–Crippen LogP) is 3.52. The molecular formula is C19H17N5O. The lowest BCUT2D eigenvalue weighted by atomic mass is 10.1. The molecule has 0 aliphatic carbocycles. The fourth-order valence-electron chi connectivity index (χ4n) is 2.89. The smallest absolute Gasteiger partial charge is 0.273 e. The van der Waals surface area contributed by atoms with Crippen molar-refractivity contribution in [3.05, 3.63) is 66.1 Å². The summed E-state index contributed by atoms with van der Waals surface area (Å²) in [6.07, 6.45) is 3.25. The molecule has 0 spiro atoms. The van der Waals surface area contributed by atoms with Crippen molar-refractivity contribution in [3.63, 3.8) is 0 Å². The lowest BCUT2D eigenvalue weighted by Crippen LogP contribution is -2.16. The minimum absolute atomic E-state index is 0.216. The number of carbonyl (C=O) groups is 1. The molecule has 0 saturated heterocycles. The van der Waals surface area contributed by atoms with E-state index >= 15 is 0 Å². The van der Waals surface area contributed by atoms with E-state index in [0.29, 0.717) is 11.4 Å². The van der Waals surface area contributed by atoms with Crippen LogP contribution in [0.4, 0.5) is 5.69 Å². The van der Waals surface area contributed by atoms with Gasteiger partial charge in [0.25, 0.3) is 5.91 Å². The van der Waals surface area contributed by atoms with Gasteiger partial charge in [0.05, 0.1) is 22.9 Å². The first kappa shape index (κ1) is 15.1. The standard InChI is InChI=1S/C19H17N5O/c1-12-5-3-4-6-14(12)15-10-16-17(23-15)9-13(11-20-16)22-19(25)18-7-8-21-24(18)2/h3-11,23H,1-2H3,(H,22,25). The number of aryl methyl sites for hydroxylation is 2. The summed E-state index contributed by atoms with van der Waals surface area (Å²) in [6, 6.07) is 13.8. The summed E-state index contributed by atoms with van der Waals surface area (Å²) in [7, 11) is 1.73. The van der Waals surface area contributed by atoms with Crippen molar-refractivity contribution < 1.29 is 4.79 Å². The normalized spacial score (nSPS) is 11.0. The van der Waals surface area contributed by atoms with Crippen LogP contribution in [0.2, 0.25) is 0 Å². The second-order valence-electron chi connectivity index (χ2n) is 5.95. The molecule has 2 N–H and O–H groups in total. The molecule has 0 aliphatic heterocycles. The molecule has 124 valence electrons. The maximum atomic E-state index is 12.3. The SMILES string of the molecule is Cc1ccccc1-c1cc2ncc(NC(=O)c3ccnn3C)cc2[nH]1. The number of benzene rings is 1. The highest BCUT2D eigenvalue weighted by atomic mass is 16.2. The van der Waals surface area contributed by atoms with Crippen LogP contribution in [0.15, 0.2) is 54.9 Å². The van der Waals surface area contributed by atoms with Crippen LogP contribution >= 0.6 is 0 Å². The molecule has 1 amide bonds. The van der Waals surface area contributed by atoms with Crippen LogP contribution in [0.5, 0.6) is 0 Å². The van der Waals surface area contributed by atoms with Gasteiger partial charge in [0, 0.05) is 24.5 Å². The fraction of sp³-hybridized carbons (Fsp3) is 0.105. The zero-order valence-electron chi connectivity index (χ0n) is 13.9. The van der Waals surface area contributed by atoms with Gasteiger partial charge < -0.3 is 10.3 Å². The highest BCUT2D eigenvalue weighted by Gasteiger charge is 2.12. The number of H-pyrrole nitrogens is 1. The largest absolute Gasteiger partial charge is 0.353 e. The van der Waals surface area contributed by atoms with Crippen LogP contribution in [-0.2, 0) is 7.05 Å². The third kappa shape index (κ3) is 2.78. The number of carbonyl (C=O) groups excluding carboxylic acids is 1. The minimum atomic E-state index is -0.216. The highest BCUT2D eigenvalue weighted by Crippen LogP contribution is 2.26. The minimum Gasteiger partial charge on any atom is -0.353 e. The second kappa shape index (κ2) is 5.90. The van der Waals surface area contributed by atoms with Gasteiger partial charge in [-0.15, -0.1) is 0 Å². The van der Waals surface area contributed by atoms with Crippen LogP contribution in [0.1, 0.15) is 16.1 Å². The number of amides is 1. The number of aromatic nitrogens is 4. The molecule has 0 saturated carbocycles. The van der Waals surface area contributed by atoms with Crippen LogP contribution < -0.4 is 5.32 Å². The van der Waals surface area contributed by atoms with Gasteiger partial charge in [0.15, 0.2) is 0 Å². The predicted molar refractivity (Wildman–Crippen MR) is 97.4 cm³/mol. The molecule has 0 radical (unpaired) electrons. The molecular weight excluding hydrogens is 314 g/mol. The van der Waals surface area contributed by atoms with Crippen molar-refractivity contribution in [1.29, 1.82) is 0 Å². The van der Waals surface area contributed by atoms with E-state index in [-0.39, 0.29) is 5.91 Å². The number of nitrogens with zero attached hydrogens (tertiary/aromatic N) is 3. The summed E-state index contributed by atoms with van der Waals surface area (Å²) in [5.41, 5.74) is 6.21. The maximum absolute atomic E-state index is 12.3. The first-order valence-electron chi connectivity index (χ1n) is 7.96. The van der Waals surface area contributed by atoms with Gasteiger partial charge >= 0.3 is 0 Å². The number of nitrogens with one attached hydrogen (secondary N) is 2. The van der Waals surface area contributed by atoms with Gasteiger partial charge in [-0.05, 0) is 30.7 Å². The number of rotatable bonds is 3. The topological polar surface area (TPSA) is 75.6 Å². The van der Waals surface area contributed by atoms with Gasteiger partial charge in [-0.25, -0.2) is 0 Å². The van der Waals surface area contributed by atoms with Crippen molar-refractivity contribution in [2.24, 2.45) is 7.05 Å². The summed E-state index contributed by atoms with van der Waals surface area (Å²) in [6.45, 7) is 2.08. The molecule has 1 aromatic carbocycles. The third-order valence-corrected chi connectivity index (χ3v) is 4.22. The summed E-state index contributed by atoms with van der Waals surface area (Å²) >= 11 is 0. The lowest BCUT2D eigenvalue weighted by Gasteiger charge is -2.05. The van der Waals surface area contributed by atoms with E-state index in [4.69, 9.17) is 0 Å². The first-order chi connectivity index (χ1) is 12.1. The van der Waals surface area contributed by atoms with Gasteiger partial charge in [-0.2, -0.15) is 5.10 Å². The van der Waals surface area contributed by atoms with E-state index < -0.39 is 0 Å². The van der Waals surface area contributed by atoms with Crippen LogP contribution in [0.3, 0.4) is 0 Å².